The molecule has 5 aromatic rings. The lowest BCUT2D eigenvalue weighted by atomic mass is 9.82. The molecule has 2 atom stereocenters. The number of anilines is 4. The van der Waals surface area contributed by atoms with Crippen LogP contribution in [0, 0.1) is 5.92 Å². The highest BCUT2D eigenvalue weighted by Crippen LogP contribution is 2.51. The van der Waals surface area contributed by atoms with Crippen molar-refractivity contribution in [1.29, 1.82) is 0 Å². The van der Waals surface area contributed by atoms with E-state index in [1.54, 1.807) is 47.1 Å². The molecule has 240 valence electrons. The van der Waals surface area contributed by atoms with Crippen LogP contribution < -0.4 is 9.80 Å². The molecule has 48 heavy (non-hydrogen) atoms. The molecule has 8 nitrogen and oxygen atoms in total. The minimum Gasteiger partial charge on any atom is -0.395 e. The minimum atomic E-state index is -1.99. The van der Waals surface area contributed by atoms with E-state index in [2.05, 4.69) is 0 Å². The summed E-state index contributed by atoms with van der Waals surface area (Å²) < 4.78 is 0. The van der Waals surface area contributed by atoms with E-state index < -0.39 is 17.4 Å². The maximum atomic E-state index is 14.3. The van der Waals surface area contributed by atoms with Crippen molar-refractivity contribution in [2.75, 3.05) is 23.0 Å². The number of aliphatic hydroxyl groups is 2. The zero-order valence-electron chi connectivity index (χ0n) is 26.5. The fourth-order valence-corrected chi connectivity index (χ4v) is 6.86. The average molecular weight is 638 g/mol. The lowest BCUT2D eigenvalue weighted by molar-refractivity contribution is -0.138. The molecule has 2 heterocycles. The Morgan fingerprint density at radius 2 is 1.54 bits per heavy atom. The molecule has 3 amide bonds. The van der Waals surface area contributed by atoms with Gasteiger partial charge >= 0.3 is 0 Å². The molecular formula is C40H35N3O5. The number of hydrogen-bond acceptors (Lipinski definition) is 5. The second kappa shape index (κ2) is 12.6. The molecule has 0 radical (unpaired) electrons. The Bertz CT molecular complexity index is 2060. The number of hydrogen-bond donors (Lipinski definition) is 2. The smallest absolute Gasteiger partial charge is 0.268 e. The molecule has 2 aliphatic rings. The number of aliphatic hydroxyl groups excluding tert-OH is 1. The third-order valence-electron chi connectivity index (χ3n) is 9.31. The predicted molar refractivity (Wildman–Crippen MR) is 186 cm³/mol. The quantitative estimate of drug-likeness (QED) is 0.168. The molecule has 0 spiro atoms. The van der Waals surface area contributed by atoms with Gasteiger partial charge in [0.1, 0.15) is 0 Å². The van der Waals surface area contributed by atoms with E-state index in [1.807, 2.05) is 97.1 Å². The molecule has 8 heteroatoms. The summed E-state index contributed by atoms with van der Waals surface area (Å²) in [5, 5.41) is 23.9. The maximum absolute atomic E-state index is 14.3. The van der Waals surface area contributed by atoms with E-state index in [0.717, 1.165) is 22.0 Å². The maximum Gasteiger partial charge on any atom is 0.268 e. The van der Waals surface area contributed by atoms with Crippen molar-refractivity contribution < 1.29 is 24.6 Å². The molecular weight excluding hydrogens is 602 g/mol. The third kappa shape index (κ3) is 5.15. The summed E-state index contributed by atoms with van der Waals surface area (Å²) in [6.45, 7) is 2.13. The molecule has 7 rings (SSSR count). The van der Waals surface area contributed by atoms with Crippen LogP contribution in [-0.2, 0) is 21.7 Å². The zero-order valence-corrected chi connectivity index (χ0v) is 26.5. The Morgan fingerprint density at radius 1 is 0.833 bits per heavy atom. The fourth-order valence-electron chi connectivity index (χ4n) is 6.86. The number of rotatable bonds is 10. The van der Waals surface area contributed by atoms with Crippen molar-refractivity contribution in [3.05, 3.63) is 144 Å². The van der Waals surface area contributed by atoms with Crippen LogP contribution in [-0.4, -0.2) is 46.0 Å². The van der Waals surface area contributed by atoms with Gasteiger partial charge in [0.25, 0.3) is 11.8 Å². The summed E-state index contributed by atoms with van der Waals surface area (Å²) in [6.07, 6.45) is 3.39. The van der Waals surface area contributed by atoms with Crippen LogP contribution in [0.1, 0.15) is 34.8 Å². The van der Waals surface area contributed by atoms with Gasteiger partial charge in [-0.1, -0.05) is 91.9 Å². The number of carbonyl (C=O) groups is 3. The zero-order chi connectivity index (χ0) is 33.4. The van der Waals surface area contributed by atoms with E-state index in [0.29, 0.717) is 34.7 Å². The topological polar surface area (TPSA) is 101 Å². The first kappa shape index (κ1) is 31.1. The van der Waals surface area contributed by atoms with E-state index in [4.69, 9.17) is 0 Å². The molecule has 0 unspecified atom stereocenters. The first-order valence-corrected chi connectivity index (χ1v) is 16.0. The van der Waals surface area contributed by atoms with Crippen molar-refractivity contribution in [2.24, 2.45) is 5.92 Å². The Hall–Kier alpha value is -5.57. The predicted octanol–water partition coefficient (Wildman–Crippen LogP) is 6.60. The number of carbonyl (C=O) groups excluding carboxylic acids is 3. The van der Waals surface area contributed by atoms with Gasteiger partial charge in [0, 0.05) is 47.8 Å². The van der Waals surface area contributed by atoms with Gasteiger partial charge < -0.3 is 15.1 Å². The Kier molecular flexibility index (Phi) is 8.12. The van der Waals surface area contributed by atoms with Crippen molar-refractivity contribution in [3.63, 3.8) is 0 Å². The molecule has 5 aromatic carbocycles. The second-order valence-corrected chi connectivity index (χ2v) is 12.2. The molecule has 0 aliphatic carbocycles. The summed E-state index contributed by atoms with van der Waals surface area (Å²) in [5.41, 5.74) is 2.35. The summed E-state index contributed by atoms with van der Waals surface area (Å²) in [6, 6.07) is 35.5. The van der Waals surface area contributed by atoms with Gasteiger partial charge in [0.05, 0.1) is 23.5 Å². The lowest BCUT2D eigenvalue weighted by Crippen LogP contribution is -2.42. The van der Waals surface area contributed by atoms with Crippen LogP contribution in [0.15, 0.2) is 127 Å². The van der Waals surface area contributed by atoms with E-state index >= 15 is 0 Å². The SMILES string of the molecule is C[C@@H](/C=C/CC(=O)N(CCO)Cc1ccccc1)[C@]1(O)C(=O)N(c2ccccc2)c2ccc(N3C(=O)c4cccc5cccc3c45)cc21. The number of para-hydroxylation sites is 1. The molecule has 0 saturated heterocycles. The van der Waals surface area contributed by atoms with Crippen molar-refractivity contribution in [2.45, 2.75) is 25.5 Å². The van der Waals surface area contributed by atoms with Gasteiger partial charge in [-0.25, -0.2) is 0 Å². The van der Waals surface area contributed by atoms with Crippen LogP contribution in [0.2, 0.25) is 0 Å². The van der Waals surface area contributed by atoms with Gasteiger partial charge in [0.15, 0.2) is 5.60 Å². The molecule has 0 fully saturated rings. The van der Waals surface area contributed by atoms with Crippen molar-refractivity contribution in [3.8, 4) is 0 Å². The van der Waals surface area contributed by atoms with Gasteiger partial charge in [-0.3, -0.25) is 24.2 Å². The molecule has 0 bridgehead atoms. The third-order valence-corrected chi connectivity index (χ3v) is 9.31. The van der Waals surface area contributed by atoms with E-state index in [1.165, 1.54) is 4.90 Å². The monoisotopic (exact) mass is 637 g/mol. The largest absolute Gasteiger partial charge is 0.395 e. The Balaban J connectivity index is 1.22. The van der Waals surface area contributed by atoms with E-state index in [9.17, 15) is 24.6 Å². The Labute approximate surface area is 278 Å². The number of benzene rings is 5. The summed E-state index contributed by atoms with van der Waals surface area (Å²) in [5.74, 6) is -1.62. The summed E-state index contributed by atoms with van der Waals surface area (Å²) in [7, 11) is 0. The lowest BCUT2D eigenvalue weighted by Gasteiger charge is -2.28. The highest BCUT2D eigenvalue weighted by Gasteiger charge is 2.53. The van der Waals surface area contributed by atoms with Crippen molar-refractivity contribution >= 4 is 51.2 Å². The van der Waals surface area contributed by atoms with Gasteiger partial charge in [-0.2, -0.15) is 0 Å². The summed E-state index contributed by atoms with van der Waals surface area (Å²) >= 11 is 0. The van der Waals surface area contributed by atoms with Gasteiger partial charge in [0.2, 0.25) is 5.91 Å². The average Bonchev–Trinajstić information content (AvgIpc) is 3.53. The fraction of sp³-hybridized carbons (Fsp3) is 0.175. The summed E-state index contributed by atoms with van der Waals surface area (Å²) in [4.78, 5) is 46.0. The van der Waals surface area contributed by atoms with Crippen LogP contribution in [0.3, 0.4) is 0 Å². The van der Waals surface area contributed by atoms with Crippen LogP contribution in [0.4, 0.5) is 22.7 Å². The normalized spacial score (nSPS) is 17.4. The number of fused-ring (bicyclic) bond motifs is 1. The second-order valence-electron chi connectivity index (χ2n) is 12.2. The standard InChI is InChI=1S/C40H35N3O5/c1-27(11-8-20-36(45)41(23-24-44)26-28-12-4-2-5-13-28)40(48)33-25-31(21-22-34(33)43(39(40)47)30-16-6-3-7-17-30)42-35-19-10-15-29-14-9-18-32(37(29)35)38(42)46/h2-19,21-22,25,27,44,48H,20,23-24,26H2,1H3/b11-8+/t27-,40+/m0/s1. The van der Waals surface area contributed by atoms with Gasteiger partial charge in [-0.15, -0.1) is 0 Å². The molecule has 2 N–H and O–H groups in total. The van der Waals surface area contributed by atoms with Crippen LogP contribution in [0.25, 0.3) is 10.8 Å². The first-order valence-electron chi connectivity index (χ1n) is 16.0. The highest BCUT2D eigenvalue weighted by atomic mass is 16.3. The first-order chi connectivity index (χ1) is 23.3. The molecule has 0 aromatic heterocycles. The highest BCUT2D eigenvalue weighted by molar-refractivity contribution is 6.28. The van der Waals surface area contributed by atoms with Crippen LogP contribution in [0.5, 0.6) is 0 Å². The molecule has 2 aliphatic heterocycles. The Morgan fingerprint density at radius 3 is 2.27 bits per heavy atom. The molecule has 0 saturated carbocycles. The van der Waals surface area contributed by atoms with E-state index in [-0.39, 0.29) is 31.4 Å². The van der Waals surface area contributed by atoms with Crippen molar-refractivity contribution in [1.82, 2.24) is 4.90 Å². The number of nitrogens with zero attached hydrogens (tertiary/aromatic N) is 3. The van der Waals surface area contributed by atoms with Gasteiger partial charge in [-0.05, 0) is 53.4 Å². The minimum absolute atomic E-state index is 0.0291. The van der Waals surface area contributed by atoms with Crippen LogP contribution >= 0.6 is 0 Å². The number of amides is 3.